The van der Waals surface area contributed by atoms with Crippen LogP contribution in [0.2, 0.25) is 0 Å². The number of carbonyl (C=O) groups excluding carboxylic acids is 1. The number of nitrogens with zero attached hydrogens (tertiary/aromatic N) is 5. The van der Waals surface area contributed by atoms with Crippen LogP contribution < -0.4 is 5.32 Å². The smallest absolute Gasteiger partial charge is 0.246 e. The Labute approximate surface area is 165 Å². The van der Waals surface area contributed by atoms with Crippen molar-refractivity contribution in [1.82, 2.24) is 19.4 Å². The van der Waals surface area contributed by atoms with E-state index in [2.05, 4.69) is 26.6 Å². The molecule has 1 aromatic heterocycles. The predicted molar refractivity (Wildman–Crippen MR) is 103 cm³/mol. The first kappa shape index (κ1) is 20.5. The van der Waals surface area contributed by atoms with Gasteiger partial charge in [-0.2, -0.15) is 19.6 Å². The van der Waals surface area contributed by atoms with Crippen molar-refractivity contribution in [3.05, 3.63) is 12.4 Å². The summed E-state index contributed by atoms with van der Waals surface area (Å²) in [5.74, 6) is 2.32. The van der Waals surface area contributed by atoms with Crippen LogP contribution in [0, 0.1) is 12.3 Å². The normalized spacial score (nSPS) is 17.5. The lowest BCUT2D eigenvalue weighted by Crippen LogP contribution is -2.33. The zero-order valence-electron chi connectivity index (χ0n) is 16.0. The molecule has 0 bridgehead atoms. The molecule has 1 aliphatic heterocycles. The molecule has 1 saturated carbocycles. The quantitative estimate of drug-likeness (QED) is 0.531. The molecule has 1 N–H and O–H groups in total. The molecular weight excluding hydrogens is 380 g/mol. The first-order valence-electron chi connectivity index (χ1n) is 9.59. The summed E-state index contributed by atoms with van der Waals surface area (Å²) >= 11 is 0. The number of hydrogen-bond acceptors (Lipinski definition) is 6. The Morgan fingerprint density at radius 3 is 2.79 bits per heavy atom. The van der Waals surface area contributed by atoms with Crippen LogP contribution in [-0.4, -0.2) is 53.2 Å². The Kier molecular flexibility index (Phi) is 6.15. The topological polar surface area (TPSA) is 109 Å². The fourth-order valence-corrected chi connectivity index (χ4v) is 4.79. The van der Waals surface area contributed by atoms with E-state index in [1.54, 1.807) is 4.31 Å². The number of aromatic nitrogens is 2. The van der Waals surface area contributed by atoms with Gasteiger partial charge in [-0.25, -0.2) is 8.42 Å². The summed E-state index contributed by atoms with van der Waals surface area (Å²) in [6.45, 7) is 2.83. The van der Waals surface area contributed by atoms with Gasteiger partial charge in [-0.1, -0.05) is 6.92 Å². The number of hydrogen-bond donors (Lipinski definition) is 1. The molecular formula is C18H26N6O3S. The lowest BCUT2D eigenvalue weighted by molar-refractivity contribution is -0.121. The van der Waals surface area contributed by atoms with Gasteiger partial charge in [0.15, 0.2) is 5.66 Å². The number of terminal acetylenes is 1. The van der Waals surface area contributed by atoms with E-state index in [0.29, 0.717) is 32.4 Å². The van der Waals surface area contributed by atoms with Crippen molar-refractivity contribution in [1.29, 1.82) is 0 Å². The summed E-state index contributed by atoms with van der Waals surface area (Å²) < 4.78 is 28.5. The summed E-state index contributed by atoms with van der Waals surface area (Å²) in [5.41, 5.74) is -0.432. The molecule has 0 unspecified atom stereocenters. The highest BCUT2D eigenvalue weighted by Gasteiger charge is 2.39. The van der Waals surface area contributed by atoms with E-state index in [1.165, 1.54) is 17.1 Å². The van der Waals surface area contributed by atoms with Crippen LogP contribution in [-0.2, 0) is 21.4 Å². The molecule has 1 fully saturated rings. The zero-order chi connectivity index (χ0) is 20.2. The van der Waals surface area contributed by atoms with Crippen molar-refractivity contribution >= 4 is 15.9 Å². The maximum absolute atomic E-state index is 12.8. The van der Waals surface area contributed by atoms with Gasteiger partial charge in [0.05, 0.1) is 6.20 Å². The number of nitrogens with one attached hydrogen (secondary N) is 1. The highest BCUT2D eigenvalue weighted by atomic mass is 32.2. The van der Waals surface area contributed by atoms with Crippen molar-refractivity contribution in [2.45, 2.75) is 68.6 Å². The summed E-state index contributed by atoms with van der Waals surface area (Å²) in [6, 6.07) is 0.0941. The lowest BCUT2D eigenvalue weighted by atomic mass is 10.0. The molecule has 10 heteroatoms. The van der Waals surface area contributed by atoms with Crippen molar-refractivity contribution in [2.75, 3.05) is 13.1 Å². The summed E-state index contributed by atoms with van der Waals surface area (Å²) in [5, 5.41) is 14.9. The average Bonchev–Trinajstić information content (AvgIpc) is 3.58. The minimum Gasteiger partial charge on any atom is -0.354 e. The summed E-state index contributed by atoms with van der Waals surface area (Å²) in [7, 11) is -3.57. The molecule has 1 amide bonds. The van der Waals surface area contributed by atoms with E-state index >= 15 is 0 Å². The van der Waals surface area contributed by atoms with Gasteiger partial charge in [-0.3, -0.25) is 9.48 Å². The minimum absolute atomic E-state index is 0.0433. The third kappa shape index (κ3) is 4.97. The van der Waals surface area contributed by atoms with Crippen molar-refractivity contribution in [3.63, 3.8) is 0 Å². The molecule has 2 aliphatic rings. The molecule has 0 spiro atoms. The minimum atomic E-state index is -3.57. The summed E-state index contributed by atoms with van der Waals surface area (Å²) in [4.78, 5) is 12.3. The fraction of sp³-hybridized carbons (Fsp3) is 0.667. The van der Waals surface area contributed by atoms with E-state index in [-0.39, 0.29) is 23.4 Å². The van der Waals surface area contributed by atoms with Gasteiger partial charge >= 0.3 is 0 Å². The fourth-order valence-electron chi connectivity index (χ4n) is 3.05. The van der Waals surface area contributed by atoms with E-state index in [0.717, 1.165) is 19.3 Å². The zero-order valence-corrected chi connectivity index (χ0v) is 16.9. The maximum Gasteiger partial charge on any atom is 0.246 e. The Morgan fingerprint density at radius 1 is 1.43 bits per heavy atom. The van der Waals surface area contributed by atoms with Gasteiger partial charge in [-0.05, 0) is 19.3 Å². The van der Waals surface area contributed by atoms with Crippen LogP contribution in [0.1, 0.15) is 45.4 Å². The second kappa shape index (κ2) is 8.41. The SMILES string of the molecule is C#CCCC1(CCNC(=O)Cn2cc(S(=O)(=O)N(CCC)C3CC3)cn2)N=N1. The van der Waals surface area contributed by atoms with Crippen molar-refractivity contribution < 1.29 is 13.2 Å². The molecule has 0 radical (unpaired) electrons. The van der Waals surface area contributed by atoms with Crippen LogP contribution in [0.25, 0.3) is 0 Å². The predicted octanol–water partition coefficient (Wildman–Crippen LogP) is 1.53. The van der Waals surface area contributed by atoms with Gasteiger partial charge in [0, 0.05) is 44.6 Å². The van der Waals surface area contributed by atoms with E-state index in [1.807, 2.05) is 6.92 Å². The second-order valence-corrected chi connectivity index (χ2v) is 9.10. The van der Waals surface area contributed by atoms with Crippen molar-refractivity contribution in [3.8, 4) is 12.3 Å². The van der Waals surface area contributed by atoms with Crippen LogP contribution in [0.3, 0.4) is 0 Å². The van der Waals surface area contributed by atoms with Gasteiger partial charge in [0.2, 0.25) is 15.9 Å². The molecule has 3 rings (SSSR count). The monoisotopic (exact) mass is 406 g/mol. The molecule has 0 saturated heterocycles. The van der Waals surface area contributed by atoms with Crippen LogP contribution in [0.15, 0.2) is 27.5 Å². The molecule has 1 aliphatic carbocycles. The van der Waals surface area contributed by atoms with Gasteiger partial charge < -0.3 is 5.32 Å². The highest BCUT2D eigenvalue weighted by molar-refractivity contribution is 7.89. The molecule has 9 nitrogen and oxygen atoms in total. The third-order valence-electron chi connectivity index (χ3n) is 4.82. The first-order chi connectivity index (χ1) is 13.4. The number of rotatable bonds is 12. The molecule has 152 valence electrons. The Morgan fingerprint density at radius 2 is 2.18 bits per heavy atom. The van der Waals surface area contributed by atoms with Gasteiger partial charge in [0.25, 0.3) is 0 Å². The summed E-state index contributed by atoms with van der Waals surface area (Å²) in [6.07, 6.45) is 12.4. The number of amides is 1. The van der Waals surface area contributed by atoms with E-state index in [9.17, 15) is 13.2 Å². The van der Waals surface area contributed by atoms with Crippen LogP contribution in [0.4, 0.5) is 0 Å². The number of sulfonamides is 1. The largest absolute Gasteiger partial charge is 0.354 e. The Hall–Kier alpha value is -2.25. The average molecular weight is 407 g/mol. The van der Waals surface area contributed by atoms with Crippen LogP contribution >= 0.6 is 0 Å². The van der Waals surface area contributed by atoms with Gasteiger partial charge in [0.1, 0.15) is 11.4 Å². The molecule has 2 heterocycles. The molecule has 0 atom stereocenters. The lowest BCUT2D eigenvalue weighted by Gasteiger charge is -2.19. The molecule has 0 aromatic carbocycles. The Balaban J connectivity index is 1.50. The van der Waals surface area contributed by atoms with E-state index in [4.69, 9.17) is 6.42 Å². The second-order valence-electron chi connectivity index (χ2n) is 7.21. The maximum atomic E-state index is 12.8. The third-order valence-corrected chi connectivity index (χ3v) is 6.72. The first-order valence-corrected chi connectivity index (χ1v) is 11.0. The van der Waals surface area contributed by atoms with Gasteiger partial charge in [-0.15, -0.1) is 12.3 Å². The highest BCUT2D eigenvalue weighted by Crippen LogP contribution is 2.36. The van der Waals surface area contributed by atoms with E-state index < -0.39 is 15.7 Å². The standard InChI is InChI=1S/C18H26N6O3S/c1-3-5-8-18(21-22-18)9-10-19-17(25)14-23-13-16(12-20-23)28(26,27)24(11-4-2)15-6-7-15/h1,12-13,15H,4-11,14H2,2H3,(H,19,25). The molecule has 1 aromatic rings. The van der Waals surface area contributed by atoms with Crippen molar-refractivity contribution in [2.24, 2.45) is 10.2 Å². The number of carbonyl (C=O) groups is 1. The molecule has 28 heavy (non-hydrogen) atoms. The van der Waals surface area contributed by atoms with Crippen LogP contribution in [0.5, 0.6) is 0 Å². The Bertz CT molecular complexity index is 875.